The molecule has 3 N–H and O–H groups in total. The molecular formula is C19H21ClFN7O2. The van der Waals surface area contributed by atoms with Crippen LogP contribution in [0.1, 0.15) is 11.6 Å². The molecule has 2 aromatic heterocycles. The molecule has 1 atom stereocenters. The summed E-state index contributed by atoms with van der Waals surface area (Å²) in [5.41, 5.74) is 0.775. The first-order chi connectivity index (χ1) is 14.4. The van der Waals surface area contributed by atoms with Crippen LogP contribution in [0.4, 0.5) is 21.8 Å². The molecule has 11 heteroatoms. The molecule has 0 aliphatic carbocycles. The van der Waals surface area contributed by atoms with Crippen molar-refractivity contribution in [1.82, 2.24) is 24.6 Å². The summed E-state index contributed by atoms with van der Waals surface area (Å²) in [6.45, 7) is 0.316. The Bertz CT molecular complexity index is 1030. The standard InChI is InChI=1S/C19H21ClFN7O2/c1-27(2)18(30)16(13-5-3-4-6-15(13)21)25-17-14(20)10-22-19(26-17)24-12-9-23-28(11-12)7-8-29/h3-6,9-11,16,29H,7-8H2,1-2H3,(H2,22,24,25,26). The fourth-order valence-electron chi connectivity index (χ4n) is 2.69. The highest BCUT2D eigenvalue weighted by atomic mass is 35.5. The number of aromatic nitrogens is 4. The van der Waals surface area contributed by atoms with Crippen LogP contribution < -0.4 is 10.6 Å². The maximum atomic E-state index is 14.4. The predicted octanol–water partition coefficient (Wildman–Crippen LogP) is 2.44. The van der Waals surface area contributed by atoms with Crippen LogP contribution in [0.2, 0.25) is 5.02 Å². The molecule has 0 radical (unpaired) electrons. The molecule has 158 valence electrons. The van der Waals surface area contributed by atoms with Crippen molar-refractivity contribution < 1.29 is 14.3 Å². The third-order valence-electron chi connectivity index (χ3n) is 4.15. The van der Waals surface area contributed by atoms with Gasteiger partial charge in [0.1, 0.15) is 16.9 Å². The molecule has 1 amide bonds. The summed E-state index contributed by atoms with van der Waals surface area (Å²) < 4.78 is 15.9. The van der Waals surface area contributed by atoms with E-state index in [9.17, 15) is 9.18 Å². The maximum Gasteiger partial charge on any atom is 0.249 e. The largest absolute Gasteiger partial charge is 0.394 e. The SMILES string of the molecule is CN(C)C(=O)C(Nc1nc(Nc2cnn(CCO)c2)ncc1Cl)c1ccccc1F. The van der Waals surface area contributed by atoms with Gasteiger partial charge in [-0.1, -0.05) is 29.8 Å². The lowest BCUT2D eigenvalue weighted by molar-refractivity contribution is -0.129. The zero-order chi connectivity index (χ0) is 21.7. The minimum absolute atomic E-state index is 0.0377. The lowest BCUT2D eigenvalue weighted by Crippen LogP contribution is -2.33. The Kier molecular flexibility index (Phi) is 6.80. The number of aliphatic hydroxyl groups is 1. The van der Waals surface area contributed by atoms with E-state index in [0.717, 1.165) is 0 Å². The van der Waals surface area contributed by atoms with Gasteiger partial charge in [-0.05, 0) is 6.07 Å². The monoisotopic (exact) mass is 433 g/mol. The number of nitrogens with one attached hydrogen (secondary N) is 2. The van der Waals surface area contributed by atoms with Gasteiger partial charge in [-0.3, -0.25) is 9.48 Å². The molecule has 30 heavy (non-hydrogen) atoms. The van der Waals surface area contributed by atoms with E-state index in [4.69, 9.17) is 16.7 Å². The van der Waals surface area contributed by atoms with Crippen LogP contribution in [0.25, 0.3) is 0 Å². The number of likely N-dealkylation sites (N-methyl/N-ethyl adjacent to an activating group) is 1. The zero-order valence-electron chi connectivity index (χ0n) is 16.4. The van der Waals surface area contributed by atoms with Crippen molar-refractivity contribution in [2.24, 2.45) is 0 Å². The summed E-state index contributed by atoms with van der Waals surface area (Å²) in [6, 6.07) is 4.97. The van der Waals surface area contributed by atoms with Crippen LogP contribution >= 0.6 is 11.6 Å². The van der Waals surface area contributed by atoms with E-state index in [1.165, 1.54) is 23.2 Å². The van der Waals surface area contributed by atoms with Gasteiger partial charge in [0.2, 0.25) is 11.9 Å². The molecule has 1 aromatic carbocycles. The Hall–Kier alpha value is -3.24. The normalized spacial score (nSPS) is 11.8. The first-order valence-corrected chi connectivity index (χ1v) is 9.42. The van der Waals surface area contributed by atoms with E-state index >= 15 is 0 Å². The van der Waals surface area contributed by atoms with Gasteiger partial charge in [-0.25, -0.2) is 9.37 Å². The molecule has 0 spiro atoms. The molecular weight excluding hydrogens is 413 g/mol. The molecule has 9 nitrogen and oxygen atoms in total. The molecule has 2 heterocycles. The minimum Gasteiger partial charge on any atom is -0.394 e. The highest BCUT2D eigenvalue weighted by molar-refractivity contribution is 6.32. The Morgan fingerprint density at radius 1 is 1.33 bits per heavy atom. The van der Waals surface area contributed by atoms with E-state index in [1.807, 2.05) is 0 Å². The molecule has 0 aliphatic heterocycles. The Morgan fingerprint density at radius 2 is 2.10 bits per heavy atom. The van der Waals surface area contributed by atoms with Crippen molar-refractivity contribution in [3.05, 3.63) is 59.3 Å². The fraction of sp³-hybridized carbons (Fsp3) is 0.263. The molecule has 0 fully saturated rings. The summed E-state index contributed by atoms with van der Waals surface area (Å²) in [5, 5.41) is 19.1. The first kappa shape index (κ1) is 21.5. The second kappa shape index (κ2) is 9.51. The lowest BCUT2D eigenvalue weighted by atomic mass is 10.0. The van der Waals surface area contributed by atoms with Crippen molar-refractivity contribution in [2.75, 3.05) is 31.3 Å². The lowest BCUT2D eigenvalue weighted by Gasteiger charge is -2.23. The van der Waals surface area contributed by atoms with Crippen molar-refractivity contribution in [3.63, 3.8) is 0 Å². The number of anilines is 3. The first-order valence-electron chi connectivity index (χ1n) is 9.04. The summed E-state index contributed by atoms with van der Waals surface area (Å²) in [6.07, 6.45) is 4.60. The van der Waals surface area contributed by atoms with Crippen LogP contribution in [-0.2, 0) is 11.3 Å². The summed E-state index contributed by atoms with van der Waals surface area (Å²) >= 11 is 6.22. The quantitative estimate of drug-likeness (QED) is 0.500. The smallest absolute Gasteiger partial charge is 0.249 e. The van der Waals surface area contributed by atoms with Crippen LogP contribution in [0.5, 0.6) is 0 Å². The van der Waals surface area contributed by atoms with E-state index in [-0.39, 0.29) is 34.9 Å². The third-order valence-corrected chi connectivity index (χ3v) is 4.42. The zero-order valence-corrected chi connectivity index (χ0v) is 17.1. The average molecular weight is 434 g/mol. The van der Waals surface area contributed by atoms with E-state index < -0.39 is 11.9 Å². The van der Waals surface area contributed by atoms with Crippen molar-refractivity contribution >= 4 is 35.0 Å². The number of hydrogen-bond donors (Lipinski definition) is 3. The third kappa shape index (κ3) is 5.02. The molecule has 1 unspecified atom stereocenters. The second-order valence-corrected chi connectivity index (χ2v) is 6.97. The van der Waals surface area contributed by atoms with E-state index in [2.05, 4.69) is 25.7 Å². The molecule has 0 saturated carbocycles. The van der Waals surface area contributed by atoms with Crippen molar-refractivity contribution in [2.45, 2.75) is 12.6 Å². The number of rotatable bonds is 8. The number of amides is 1. The molecule has 3 rings (SSSR count). The molecule has 0 bridgehead atoms. The van der Waals surface area contributed by atoms with Gasteiger partial charge >= 0.3 is 0 Å². The maximum absolute atomic E-state index is 14.4. The number of halogens is 2. The molecule has 3 aromatic rings. The van der Waals surface area contributed by atoms with Gasteiger partial charge < -0.3 is 20.6 Å². The predicted molar refractivity (Wildman–Crippen MR) is 111 cm³/mol. The number of carbonyl (C=O) groups excluding carboxylic acids is 1. The van der Waals surface area contributed by atoms with Crippen LogP contribution in [-0.4, -0.2) is 56.4 Å². The minimum atomic E-state index is -1.03. The van der Waals surface area contributed by atoms with Crippen LogP contribution in [0, 0.1) is 5.82 Å². The Balaban J connectivity index is 1.88. The van der Waals surface area contributed by atoms with Gasteiger partial charge in [-0.2, -0.15) is 10.1 Å². The topological polar surface area (TPSA) is 108 Å². The van der Waals surface area contributed by atoms with E-state index in [0.29, 0.717) is 12.2 Å². The number of hydrogen-bond acceptors (Lipinski definition) is 7. The summed E-state index contributed by atoms with van der Waals surface area (Å²) in [4.78, 5) is 22.5. The average Bonchev–Trinajstić information content (AvgIpc) is 3.15. The van der Waals surface area contributed by atoms with Gasteiger partial charge in [0.25, 0.3) is 0 Å². The highest BCUT2D eigenvalue weighted by Crippen LogP contribution is 2.28. The number of nitrogens with zero attached hydrogens (tertiary/aromatic N) is 5. The molecule has 0 aliphatic rings. The summed E-state index contributed by atoms with van der Waals surface area (Å²) in [7, 11) is 3.16. The number of aliphatic hydroxyl groups excluding tert-OH is 1. The Morgan fingerprint density at radius 3 is 2.80 bits per heavy atom. The number of benzene rings is 1. The van der Waals surface area contributed by atoms with Gasteiger partial charge in [0.15, 0.2) is 5.82 Å². The second-order valence-electron chi connectivity index (χ2n) is 6.56. The van der Waals surface area contributed by atoms with Gasteiger partial charge in [0.05, 0.1) is 31.2 Å². The van der Waals surface area contributed by atoms with Crippen molar-refractivity contribution in [1.29, 1.82) is 0 Å². The Labute approximate surface area is 177 Å². The van der Waals surface area contributed by atoms with Crippen molar-refractivity contribution in [3.8, 4) is 0 Å². The van der Waals surface area contributed by atoms with Gasteiger partial charge in [0, 0.05) is 25.9 Å². The fourth-order valence-corrected chi connectivity index (χ4v) is 2.83. The van der Waals surface area contributed by atoms with Crippen LogP contribution in [0.3, 0.4) is 0 Å². The number of carbonyl (C=O) groups is 1. The van der Waals surface area contributed by atoms with Gasteiger partial charge in [-0.15, -0.1) is 0 Å². The summed E-state index contributed by atoms with van der Waals surface area (Å²) in [5.74, 6) is -0.519. The molecule has 0 saturated heterocycles. The van der Waals surface area contributed by atoms with Crippen LogP contribution in [0.15, 0.2) is 42.9 Å². The highest BCUT2D eigenvalue weighted by Gasteiger charge is 2.26. The van der Waals surface area contributed by atoms with E-state index in [1.54, 1.807) is 43.3 Å².